The molecule has 3 aromatic rings. The van der Waals surface area contributed by atoms with Crippen molar-refractivity contribution < 1.29 is 0 Å². The van der Waals surface area contributed by atoms with Gasteiger partial charge >= 0.3 is 0 Å². The number of benzene rings is 2. The lowest BCUT2D eigenvalue weighted by Gasteiger charge is -2.12. The first kappa shape index (κ1) is 14.3. The van der Waals surface area contributed by atoms with Crippen LogP contribution in [0.3, 0.4) is 0 Å². The summed E-state index contributed by atoms with van der Waals surface area (Å²) in [5.74, 6) is 2.09. The quantitative estimate of drug-likeness (QED) is 0.644. The topological polar surface area (TPSA) is 28.7 Å². The fourth-order valence-corrected chi connectivity index (χ4v) is 2.79. The van der Waals surface area contributed by atoms with Crippen LogP contribution in [0, 0.1) is 5.92 Å². The van der Waals surface area contributed by atoms with Crippen LogP contribution < -0.4 is 0 Å². The molecule has 3 rings (SSSR count). The van der Waals surface area contributed by atoms with Crippen molar-refractivity contribution in [2.24, 2.45) is 5.92 Å². The van der Waals surface area contributed by atoms with Gasteiger partial charge in [0, 0.05) is 16.0 Å². The molecule has 1 N–H and O–H groups in total. The Labute approximate surface area is 133 Å². The smallest absolute Gasteiger partial charge is 0.109 e. The van der Waals surface area contributed by atoms with Gasteiger partial charge in [-0.15, -0.1) is 0 Å². The second kappa shape index (κ2) is 5.64. The van der Waals surface area contributed by atoms with Gasteiger partial charge in [-0.3, -0.25) is 0 Å². The Bertz CT molecular complexity index is 774. The van der Waals surface area contributed by atoms with E-state index in [4.69, 9.17) is 0 Å². The number of hydrogen-bond donors (Lipinski definition) is 1. The molecule has 108 valence electrons. The third-order valence-corrected chi connectivity index (χ3v) is 4.63. The van der Waals surface area contributed by atoms with Gasteiger partial charge in [0.1, 0.15) is 5.82 Å². The van der Waals surface area contributed by atoms with E-state index in [0.29, 0.717) is 11.8 Å². The van der Waals surface area contributed by atoms with E-state index in [0.717, 1.165) is 16.0 Å². The summed E-state index contributed by atoms with van der Waals surface area (Å²) in [6.07, 6.45) is 1.94. The summed E-state index contributed by atoms with van der Waals surface area (Å²) in [7, 11) is 0. The van der Waals surface area contributed by atoms with Crippen LogP contribution in [0.2, 0.25) is 0 Å². The molecule has 1 atom stereocenters. The van der Waals surface area contributed by atoms with Gasteiger partial charge in [-0.25, -0.2) is 4.98 Å². The van der Waals surface area contributed by atoms with Crippen molar-refractivity contribution in [2.45, 2.75) is 26.7 Å². The van der Waals surface area contributed by atoms with Crippen LogP contribution in [-0.2, 0) is 0 Å². The monoisotopic (exact) mass is 342 g/mol. The molecule has 2 aromatic carbocycles. The Balaban J connectivity index is 1.99. The van der Waals surface area contributed by atoms with Crippen LogP contribution in [0.25, 0.3) is 22.0 Å². The fraction of sp³-hybridized carbons (Fsp3) is 0.278. The van der Waals surface area contributed by atoms with Crippen molar-refractivity contribution in [3.05, 3.63) is 52.9 Å². The molecule has 0 saturated heterocycles. The molecule has 1 heterocycles. The van der Waals surface area contributed by atoms with E-state index in [1.807, 2.05) is 6.20 Å². The number of halogens is 1. The van der Waals surface area contributed by atoms with Crippen molar-refractivity contribution in [3.8, 4) is 11.3 Å². The molecular weight excluding hydrogens is 324 g/mol. The number of nitrogens with one attached hydrogen (secondary N) is 1. The number of rotatable bonds is 3. The zero-order valence-corrected chi connectivity index (χ0v) is 14.1. The second-order valence-electron chi connectivity index (χ2n) is 5.92. The predicted molar refractivity (Wildman–Crippen MR) is 92.5 cm³/mol. The highest BCUT2D eigenvalue weighted by molar-refractivity contribution is 9.10. The van der Waals surface area contributed by atoms with Gasteiger partial charge in [0.2, 0.25) is 0 Å². The van der Waals surface area contributed by atoms with E-state index in [1.165, 1.54) is 16.3 Å². The maximum Gasteiger partial charge on any atom is 0.109 e. The Kier molecular flexibility index (Phi) is 3.85. The highest BCUT2D eigenvalue weighted by atomic mass is 79.9. The van der Waals surface area contributed by atoms with Gasteiger partial charge in [-0.1, -0.05) is 54.9 Å². The lowest BCUT2D eigenvalue weighted by molar-refractivity contribution is 0.514. The maximum atomic E-state index is 4.54. The van der Waals surface area contributed by atoms with Crippen molar-refractivity contribution in [3.63, 3.8) is 0 Å². The largest absolute Gasteiger partial charge is 0.342 e. The van der Waals surface area contributed by atoms with Crippen LogP contribution in [0.5, 0.6) is 0 Å². The van der Waals surface area contributed by atoms with Gasteiger partial charge in [0.05, 0.1) is 11.9 Å². The Morgan fingerprint density at radius 3 is 2.48 bits per heavy atom. The summed E-state index contributed by atoms with van der Waals surface area (Å²) in [5, 5.41) is 2.48. The minimum absolute atomic E-state index is 0.440. The number of hydrogen-bond acceptors (Lipinski definition) is 1. The van der Waals surface area contributed by atoms with Gasteiger partial charge in [0.25, 0.3) is 0 Å². The van der Waals surface area contributed by atoms with Gasteiger partial charge in [0.15, 0.2) is 0 Å². The van der Waals surface area contributed by atoms with Crippen molar-refractivity contribution in [1.29, 1.82) is 0 Å². The van der Waals surface area contributed by atoms with E-state index in [2.05, 4.69) is 83.1 Å². The highest BCUT2D eigenvalue weighted by Gasteiger charge is 2.14. The number of imidazole rings is 1. The third-order valence-electron chi connectivity index (χ3n) is 4.14. The summed E-state index contributed by atoms with van der Waals surface area (Å²) in [6.45, 7) is 6.66. The average Bonchev–Trinajstić information content (AvgIpc) is 2.95. The zero-order valence-electron chi connectivity index (χ0n) is 12.5. The summed E-state index contributed by atoms with van der Waals surface area (Å²) in [4.78, 5) is 8.01. The van der Waals surface area contributed by atoms with E-state index < -0.39 is 0 Å². The number of aromatic nitrogens is 2. The van der Waals surface area contributed by atoms with E-state index in [-0.39, 0.29) is 0 Å². The first-order valence-electron chi connectivity index (χ1n) is 7.29. The molecule has 0 spiro atoms. The predicted octanol–water partition coefficient (Wildman–Crippen LogP) is 5.75. The first-order chi connectivity index (χ1) is 10.0. The van der Waals surface area contributed by atoms with Crippen molar-refractivity contribution >= 4 is 26.7 Å². The van der Waals surface area contributed by atoms with Crippen LogP contribution in [-0.4, -0.2) is 9.97 Å². The number of nitrogens with zero attached hydrogens (tertiary/aromatic N) is 1. The molecule has 21 heavy (non-hydrogen) atoms. The molecular formula is C18H19BrN2. The summed E-state index contributed by atoms with van der Waals surface area (Å²) >= 11 is 3.51. The lowest BCUT2D eigenvalue weighted by Crippen LogP contribution is -2.03. The average molecular weight is 343 g/mol. The highest BCUT2D eigenvalue weighted by Crippen LogP contribution is 2.27. The molecule has 3 heteroatoms. The molecule has 0 unspecified atom stereocenters. The number of fused-ring (bicyclic) bond motifs is 1. The van der Waals surface area contributed by atoms with Gasteiger partial charge in [-0.2, -0.15) is 0 Å². The standard InChI is InChI=1S/C18H19BrN2/c1-11(2)12(3)18-20-10-17(21-18)15-5-4-14-9-16(19)7-6-13(14)8-15/h4-12H,1-3H3,(H,20,21)/t12-/m0/s1. The maximum absolute atomic E-state index is 4.54. The fourth-order valence-electron chi connectivity index (χ4n) is 2.41. The van der Waals surface area contributed by atoms with E-state index in [9.17, 15) is 0 Å². The Hall–Kier alpha value is -1.61. The van der Waals surface area contributed by atoms with Gasteiger partial charge < -0.3 is 4.98 Å². The van der Waals surface area contributed by atoms with Crippen LogP contribution in [0.4, 0.5) is 0 Å². The molecule has 2 nitrogen and oxygen atoms in total. The number of H-pyrrole nitrogens is 1. The minimum atomic E-state index is 0.440. The normalized spacial score (nSPS) is 13.0. The molecule has 0 aliphatic carbocycles. The first-order valence-corrected chi connectivity index (χ1v) is 8.08. The zero-order chi connectivity index (χ0) is 15.0. The van der Waals surface area contributed by atoms with Crippen LogP contribution in [0.1, 0.15) is 32.5 Å². The Morgan fingerprint density at radius 2 is 1.71 bits per heavy atom. The second-order valence-corrected chi connectivity index (χ2v) is 6.84. The molecule has 0 saturated carbocycles. The van der Waals surface area contributed by atoms with Crippen LogP contribution in [0.15, 0.2) is 47.1 Å². The molecule has 1 aromatic heterocycles. The molecule has 0 fully saturated rings. The Morgan fingerprint density at radius 1 is 1.00 bits per heavy atom. The molecule has 0 radical (unpaired) electrons. The molecule has 0 amide bonds. The lowest BCUT2D eigenvalue weighted by atomic mass is 9.98. The van der Waals surface area contributed by atoms with Crippen molar-refractivity contribution in [2.75, 3.05) is 0 Å². The molecule has 0 bridgehead atoms. The number of aromatic amines is 1. The van der Waals surface area contributed by atoms with Crippen molar-refractivity contribution in [1.82, 2.24) is 9.97 Å². The summed E-state index contributed by atoms with van der Waals surface area (Å²) in [6, 6.07) is 12.9. The van der Waals surface area contributed by atoms with E-state index in [1.54, 1.807) is 0 Å². The third kappa shape index (κ3) is 2.88. The van der Waals surface area contributed by atoms with Gasteiger partial charge in [-0.05, 0) is 34.9 Å². The SMILES string of the molecule is CC(C)[C@H](C)c1ncc(-c2ccc3cc(Br)ccc3c2)[nH]1. The minimum Gasteiger partial charge on any atom is -0.342 e. The van der Waals surface area contributed by atoms with Crippen LogP contribution >= 0.6 is 15.9 Å². The van der Waals surface area contributed by atoms with E-state index >= 15 is 0 Å². The summed E-state index contributed by atoms with van der Waals surface area (Å²) < 4.78 is 1.11. The summed E-state index contributed by atoms with van der Waals surface area (Å²) in [5.41, 5.74) is 2.27. The molecule has 0 aliphatic heterocycles. The molecule has 0 aliphatic rings.